The zero-order valence-corrected chi connectivity index (χ0v) is 30.4. The molecule has 8 aromatic carbocycles. The zero-order valence-electron chi connectivity index (χ0n) is 30.4. The van der Waals surface area contributed by atoms with E-state index in [1.54, 1.807) is 0 Å². The Hall–Kier alpha value is -6.58. The van der Waals surface area contributed by atoms with Crippen molar-refractivity contribution >= 4 is 83.0 Å². The molecule has 2 aromatic heterocycles. The number of hydrogen-bond donors (Lipinski definition) is 0. The first-order valence-corrected chi connectivity index (χ1v) is 18.4. The van der Waals surface area contributed by atoms with Gasteiger partial charge < -0.3 is 14.2 Å². The standard InChI is InChI=1S/C50H39N3/c1-32-11-7-15-38(25-32)51(39-16-8-12-33(2)26-39)42-22-21-36-30-45-43-23-24-47(52(40-17-9-13-34(3)27-40)41-18-10-14-35(4)28-41)49-44-19-5-6-20-46(44)53(50(43)49)48(45)31-37(36)29-42/h5-31H,1-4H3. The van der Waals surface area contributed by atoms with E-state index in [2.05, 4.69) is 206 Å². The van der Waals surface area contributed by atoms with E-state index in [0.29, 0.717) is 0 Å². The Balaban J connectivity index is 1.24. The summed E-state index contributed by atoms with van der Waals surface area (Å²) < 4.78 is 2.51. The van der Waals surface area contributed by atoms with E-state index in [1.807, 2.05) is 0 Å². The van der Waals surface area contributed by atoms with Gasteiger partial charge in [-0.3, -0.25) is 0 Å². The summed E-state index contributed by atoms with van der Waals surface area (Å²) in [5, 5.41) is 7.52. The number of rotatable bonds is 6. The Labute approximate surface area is 309 Å². The number of anilines is 6. The molecule has 0 radical (unpaired) electrons. The van der Waals surface area contributed by atoms with Crippen LogP contribution in [0.3, 0.4) is 0 Å². The maximum absolute atomic E-state index is 2.51. The summed E-state index contributed by atoms with van der Waals surface area (Å²) in [6.45, 7) is 8.66. The van der Waals surface area contributed by atoms with E-state index < -0.39 is 0 Å². The first-order valence-electron chi connectivity index (χ1n) is 18.4. The molecule has 0 unspecified atom stereocenters. The molecule has 0 fully saturated rings. The highest BCUT2D eigenvalue weighted by Crippen LogP contribution is 2.48. The molecule has 0 amide bonds. The Morgan fingerprint density at radius 2 is 0.906 bits per heavy atom. The SMILES string of the molecule is Cc1cccc(N(c2cccc(C)c2)c2ccc3cc4c5ccc(N(c6cccc(C)c6)c6cccc(C)c6)c6c7ccccc7n(c4cc3c2)c56)c1. The molecular weight excluding hydrogens is 643 g/mol. The van der Waals surface area contributed by atoms with Crippen LogP contribution in [0.1, 0.15) is 22.3 Å². The molecule has 0 aliphatic rings. The van der Waals surface area contributed by atoms with Crippen LogP contribution in [-0.4, -0.2) is 4.40 Å². The number of hydrogen-bond acceptors (Lipinski definition) is 2. The summed E-state index contributed by atoms with van der Waals surface area (Å²) in [6, 6.07) is 60.6. The molecule has 3 heteroatoms. The maximum Gasteiger partial charge on any atom is 0.0641 e. The van der Waals surface area contributed by atoms with Gasteiger partial charge in [-0.1, -0.05) is 78.9 Å². The molecule has 0 saturated heterocycles. The van der Waals surface area contributed by atoms with Gasteiger partial charge in [0.1, 0.15) is 0 Å². The molecule has 0 spiro atoms. The van der Waals surface area contributed by atoms with Gasteiger partial charge in [-0.15, -0.1) is 0 Å². The van der Waals surface area contributed by atoms with Crippen molar-refractivity contribution in [1.29, 1.82) is 0 Å². The molecule has 0 bridgehead atoms. The molecule has 10 aromatic rings. The Morgan fingerprint density at radius 3 is 1.49 bits per heavy atom. The van der Waals surface area contributed by atoms with Crippen LogP contribution in [0.4, 0.5) is 34.1 Å². The molecule has 2 heterocycles. The monoisotopic (exact) mass is 681 g/mol. The lowest BCUT2D eigenvalue weighted by Crippen LogP contribution is -2.10. The number of benzene rings is 8. The first-order chi connectivity index (χ1) is 25.9. The minimum Gasteiger partial charge on any atom is -0.310 e. The second kappa shape index (κ2) is 12.0. The summed E-state index contributed by atoms with van der Waals surface area (Å²) in [6.07, 6.45) is 0. The molecule has 254 valence electrons. The highest BCUT2D eigenvalue weighted by Gasteiger charge is 2.24. The highest BCUT2D eigenvalue weighted by molar-refractivity contribution is 6.28. The summed E-state index contributed by atoms with van der Waals surface area (Å²) >= 11 is 0. The van der Waals surface area contributed by atoms with Crippen LogP contribution in [0.2, 0.25) is 0 Å². The Kier molecular flexibility index (Phi) is 7.06. The van der Waals surface area contributed by atoms with E-state index in [-0.39, 0.29) is 0 Å². The predicted octanol–water partition coefficient (Wildman–Crippen LogP) is 14.2. The van der Waals surface area contributed by atoms with Crippen LogP contribution < -0.4 is 9.80 Å². The van der Waals surface area contributed by atoms with Gasteiger partial charge in [-0.25, -0.2) is 0 Å². The average molecular weight is 682 g/mol. The molecule has 3 nitrogen and oxygen atoms in total. The van der Waals surface area contributed by atoms with Crippen LogP contribution in [0.15, 0.2) is 164 Å². The minimum absolute atomic E-state index is 1.14. The number of aromatic nitrogens is 1. The number of fused-ring (bicyclic) bond motifs is 7. The van der Waals surface area contributed by atoms with Crippen molar-refractivity contribution in [3.63, 3.8) is 0 Å². The van der Waals surface area contributed by atoms with Crippen molar-refractivity contribution in [2.75, 3.05) is 9.80 Å². The van der Waals surface area contributed by atoms with Gasteiger partial charge in [0, 0.05) is 50.0 Å². The third kappa shape index (κ3) is 5.03. The fourth-order valence-corrected chi connectivity index (χ4v) is 8.49. The lowest BCUT2D eigenvalue weighted by atomic mass is 10.0. The number of nitrogens with zero attached hydrogens (tertiary/aromatic N) is 3. The van der Waals surface area contributed by atoms with E-state index in [4.69, 9.17) is 0 Å². The summed E-state index contributed by atoms with van der Waals surface area (Å²) in [4.78, 5) is 4.81. The highest BCUT2D eigenvalue weighted by atomic mass is 15.2. The van der Waals surface area contributed by atoms with Crippen molar-refractivity contribution in [3.8, 4) is 0 Å². The minimum atomic E-state index is 1.14. The van der Waals surface area contributed by atoms with Gasteiger partial charge in [0.15, 0.2) is 0 Å². The van der Waals surface area contributed by atoms with Crippen molar-refractivity contribution in [2.24, 2.45) is 0 Å². The number of para-hydroxylation sites is 1. The van der Waals surface area contributed by atoms with E-state index >= 15 is 0 Å². The van der Waals surface area contributed by atoms with Crippen LogP contribution in [0.5, 0.6) is 0 Å². The quantitative estimate of drug-likeness (QED) is 0.173. The van der Waals surface area contributed by atoms with Gasteiger partial charge in [-0.2, -0.15) is 0 Å². The van der Waals surface area contributed by atoms with E-state index in [1.165, 1.54) is 76.8 Å². The molecular formula is C50H39N3. The van der Waals surface area contributed by atoms with Crippen molar-refractivity contribution in [3.05, 3.63) is 186 Å². The normalized spacial score (nSPS) is 11.8. The van der Waals surface area contributed by atoms with Crippen LogP contribution in [0.25, 0.3) is 48.9 Å². The molecule has 0 aliphatic heterocycles. The Bertz CT molecular complexity index is 2930. The molecule has 0 aliphatic carbocycles. The second-order valence-electron chi connectivity index (χ2n) is 14.6. The van der Waals surface area contributed by atoms with Gasteiger partial charge in [-0.05, 0) is 146 Å². The first kappa shape index (κ1) is 31.2. The summed E-state index contributed by atoms with van der Waals surface area (Å²) in [7, 11) is 0. The van der Waals surface area contributed by atoms with Crippen molar-refractivity contribution in [1.82, 2.24) is 4.40 Å². The predicted molar refractivity (Wildman–Crippen MR) is 227 cm³/mol. The molecule has 53 heavy (non-hydrogen) atoms. The van der Waals surface area contributed by atoms with Crippen LogP contribution >= 0.6 is 0 Å². The largest absolute Gasteiger partial charge is 0.310 e. The molecule has 0 N–H and O–H groups in total. The van der Waals surface area contributed by atoms with Gasteiger partial charge in [0.25, 0.3) is 0 Å². The second-order valence-corrected chi connectivity index (χ2v) is 14.6. The van der Waals surface area contributed by atoms with Gasteiger partial charge >= 0.3 is 0 Å². The topological polar surface area (TPSA) is 10.9 Å². The third-order valence-corrected chi connectivity index (χ3v) is 10.8. The van der Waals surface area contributed by atoms with Gasteiger partial charge in [0.05, 0.1) is 22.2 Å². The molecule has 0 atom stereocenters. The van der Waals surface area contributed by atoms with Gasteiger partial charge in [0.2, 0.25) is 0 Å². The van der Waals surface area contributed by atoms with Crippen LogP contribution in [0, 0.1) is 27.7 Å². The van der Waals surface area contributed by atoms with E-state index in [9.17, 15) is 0 Å². The lowest BCUT2D eigenvalue weighted by Gasteiger charge is -2.27. The van der Waals surface area contributed by atoms with Crippen LogP contribution in [-0.2, 0) is 0 Å². The lowest BCUT2D eigenvalue weighted by molar-refractivity contribution is 1.26. The summed E-state index contributed by atoms with van der Waals surface area (Å²) in [5.74, 6) is 0. The molecule has 10 rings (SSSR count). The van der Waals surface area contributed by atoms with Crippen molar-refractivity contribution < 1.29 is 0 Å². The molecule has 0 saturated carbocycles. The number of aryl methyl sites for hydroxylation is 4. The summed E-state index contributed by atoms with van der Waals surface area (Å²) in [5.41, 5.74) is 15.6. The van der Waals surface area contributed by atoms with E-state index in [0.717, 1.165) is 28.4 Å². The van der Waals surface area contributed by atoms with Crippen molar-refractivity contribution in [2.45, 2.75) is 27.7 Å². The fraction of sp³-hybridized carbons (Fsp3) is 0.0800. The Morgan fingerprint density at radius 1 is 0.358 bits per heavy atom. The maximum atomic E-state index is 2.51. The zero-order chi connectivity index (χ0) is 35.8. The third-order valence-electron chi connectivity index (χ3n) is 10.8. The smallest absolute Gasteiger partial charge is 0.0641 e. The average Bonchev–Trinajstić information content (AvgIpc) is 3.67. The fourth-order valence-electron chi connectivity index (χ4n) is 8.49.